The molecule has 2 aromatic heterocycles. The van der Waals surface area contributed by atoms with Crippen molar-refractivity contribution in [2.45, 2.75) is 13.3 Å². The van der Waals surface area contributed by atoms with Crippen LogP contribution in [0, 0.1) is 6.92 Å². The van der Waals surface area contributed by atoms with Crippen LogP contribution >= 0.6 is 11.6 Å². The van der Waals surface area contributed by atoms with E-state index in [1.165, 1.54) is 6.20 Å². The van der Waals surface area contributed by atoms with Gasteiger partial charge in [-0.3, -0.25) is 4.79 Å². The number of aryl methyl sites for hydroxylation is 1. The molecule has 0 atom stereocenters. The Hall–Kier alpha value is -2.33. The Balaban J connectivity index is 1.75. The second-order valence-electron chi connectivity index (χ2n) is 4.85. The van der Waals surface area contributed by atoms with E-state index in [9.17, 15) is 4.79 Å². The highest BCUT2D eigenvalue weighted by atomic mass is 35.5. The summed E-state index contributed by atoms with van der Waals surface area (Å²) in [6.07, 6.45) is 3.35. The predicted molar refractivity (Wildman–Crippen MR) is 82.5 cm³/mol. The molecule has 2 heterocycles. The highest BCUT2D eigenvalue weighted by Crippen LogP contribution is 2.23. The molecule has 3 rings (SSSR count). The van der Waals surface area contributed by atoms with Crippen LogP contribution in [0.5, 0.6) is 0 Å². The first-order valence-electron chi connectivity index (χ1n) is 6.50. The Bertz CT molecular complexity index is 794. The number of pyridine rings is 1. The van der Waals surface area contributed by atoms with E-state index in [-0.39, 0.29) is 12.3 Å². The van der Waals surface area contributed by atoms with Gasteiger partial charge in [0.25, 0.3) is 0 Å². The first-order valence-corrected chi connectivity index (χ1v) is 6.88. The number of benzene rings is 1. The van der Waals surface area contributed by atoms with Crippen molar-refractivity contribution in [1.29, 1.82) is 0 Å². The number of halogens is 1. The van der Waals surface area contributed by atoms with Gasteiger partial charge in [-0.25, -0.2) is 4.98 Å². The van der Waals surface area contributed by atoms with Crippen molar-refractivity contribution < 1.29 is 9.21 Å². The predicted octanol–water partition coefficient (Wildman–Crippen LogP) is 3.97. The fraction of sp³-hybridized carbons (Fsp3) is 0.125. The minimum absolute atomic E-state index is 0.145. The zero-order valence-corrected chi connectivity index (χ0v) is 12.1. The third kappa shape index (κ3) is 3.06. The van der Waals surface area contributed by atoms with E-state index in [1.807, 2.05) is 25.1 Å². The number of fused-ring (bicyclic) bond motifs is 1. The fourth-order valence-electron chi connectivity index (χ4n) is 2.14. The molecule has 0 aliphatic heterocycles. The third-order valence-corrected chi connectivity index (χ3v) is 3.38. The Morgan fingerprint density at radius 1 is 1.33 bits per heavy atom. The van der Waals surface area contributed by atoms with Gasteiger partial charge in [-0.05, 0) is 30.7 Å². The van der Waals surface area contributed by atoms with Crippen LogP contribution < -0.4 is 5.32 Å². The number of hydrogen-bond acceptors (Lipinski definition) is 3. The van der Waals surface area contributed by atoms with Crippen molar-refractivity contribution in [1.82, 2.24) is 4.98 Å². The second kappa shape index (κ2) is 5.58. The van der Waals surface area contributed by atoms with Gasteiger partial charge < -0.3 is 9.73 Å². The number of rotatable bonds is 3. The number of aromatic nitrogens is 1. The van der Waals surface area contributed by atoms with Gasteiger partial charge >= 0.3 is 0 Å². The van der Waals surface area contributed by atoms with Crippen molar-refractivity contribution >= 4 is 34.3 Å². The minimum Gasteiger partial charge on any atom is -0.464 e. The molecule has 106 valence electrons. The van der Waals surface area contributed by atoms with Crippen LogP contribution in [0.4, 0.5) is 5.82 Å². The highest BCUT2D eigenvalue weighted by molar-refractivity contribution is 6.30. The molecule has 0 radical (unpaired) electrons. The molecule has 0 fully saturated rings. The largest absolute Gasteiger partial charge is 0.464 e. The molecule has 0 spiro atoms. The topological polar surface area (TPSA) is 55.1 Å². The summed E-state index contributed by atoms with van der Waals surface area (Å²) < 4.78 is 5.48. The molecule has 0 unspecified atom stereocenters. The van der Waals surface area contributed by atoms with E-state index in [4.69, 9.17) is 16.0 Å². The smallest absolute Gasteiger partial charge is 0.230 e. The maximum atomic E-state index is 12.0. The third-order valence-electron chi connectivity index (χ3n) is 3.16. The van der Waals surface area contributed by atoms with Gasteiger partial charge in [-0.1, -0.05) is 23.7 Å². The van der Waals surface area contributed by atoms with Crippen LogP contribution in [0.3, 0.4) is 0 Å². The quantitative estimate of drug-likeness (QED) is 0.796. The van der Waals surface area contributed by atoms with Gasteiger partial charge in [0.15, 0.2) is 0 Å². The van der Waals surface area contributed by atoms with E-state index in [0.29, 0.717) is 10.8 Å². The molecule has 0 aliphatic carbocycles. The normalized spacial score (nSPS) is 10.8. The molecular formula is C16H13ClN2O2. The van der Waals surface area contributed by atoms with Crippen LogP contribution in [0.15, 0.2) is 47.2 Å². The highest BCUT2D eigenvalue weighted by Gasteiger charge is 2.11. The van der Waals surface area contributed by atoms with Crippen molar-refractivity contribution in [2.75, 3.05) is 5.32 Å². The maximum absolute atomic E-state index is 12.0. The number of nitrogens with zero attached hydrogens (tertiary/aromatic N) is 1. The van der Waals surface area contributed by atoms with E-state index in [1.54, 1.807) is 18.4 Å². The summed E-state index contributed by atoms with van der Waals surface area (Å²) >= 11 is 5.75. The molecule has 4 nitrogen and oxygen atoms in total. The standard InChI is InChI=1S/C16H13ClN2O2/c1-10-2-4-13-11(9-21-14(13)6-10)7-16(20)19-15-5-3-12(17)8-18-15/h2-6,8-9H,7H2,1H3,(H,18,19,20). The summed E-state index contributed by atoms with van der Waals surface area (Å²) in [6, 6.07) is 9.27. The Labute approximate surface area is 126 Å². The number of carbonyl (C=O) groups is 1. The van der Waals surface area contributed by atoms with Gasteiger partial charge in [0.2, 0.25) is 5.91 Å². The second-order valence-corrected chi connectivity index (χ2v) is 5.28. The Morgan fingerprint density at radius 3 is 2.95 bits per heavy atom. The average Bonchev–Trinajstić information content (AvgIpc) is 2.83. The molecule has 0 aliphatic rings. The minimum atomic E-state index is -0.145. The Kier molecular flexibility index (Phi) is 3.62. The molecule has 0 bridgehead atoms. The molecule has 1 aromatic carbocycles. The maximum Gasteiger partial charge on any atom is 0.230 e. The monoisotopic (exact) mass is 300 g/mol. The molecule has 0 saturated heterocycles. The van der Waals surface area contributed by atoms with Gasteiger partial charge in [0, 0.05) is 17.1 Å². The SMILES string of the molecule is Cc1ccc2c(CC(=O)Nc3ccc(Cl)cn3)coc2c1. The summed E-state index contributed by atoms with van der Waals surface area (Å²) in [6.45, 7) is 2.00. The summed E-state index contributed by atoms with van der Waals surface area (Å²) in [5.41, 5.74) is 2.78. The number of furan rings is 1. The average molecular weight is 301 g/mol. The lowest BCUT2D eigenvalue weighted by atomic mass is 10.1. The summed E-state index contributed by atoms with van der Waals surface area (Å²) in [4.78, 5) is 16.1. The van der Waals surface area contributed by atoms with E-state index >= 15 is 0 Å². The molecule has 5 heteroatoms. The molecule has 21 heavy (non-hydrogen) atoms. The van der Waals surface area contributed by atoms with E-state index < -0.39 is 0 Å². The Morgan fingerprint density at radius 2 is 2.19 bits per heavy atom. The van der Waals surface area contributed by atoms with Crippen LogP contribution in [0.1, 0.15) is 11.1 Å². The fourth-order valence-corrected chi connectivity index (χ4v) is 2.25. The van der Waals surface area contributed by atoms with E-state index in [2.05, 4.69) is 10.3 Å². The summed E-state index contributed by atoms with van der Waals surface area (Å²) in [5, 5.41) is 4.22. The lowest BCUT2D eigenvalue weighted by Crippen LogP contribution is -2.14. The molecule has 0 saturated carbocycles. The number of amides is 1. The summed E-state index contributed by atoms with van der Waals surface area (Å²) in [5.74, 6) is 0.334. The zero-order valence-electron chi connectivity index (χ0n) is 11.4. The van der Waals surface area contributed by atoms with E-state index in [0.717, 1.165) is 22.1 Å². The van der Waals surface area contributed by atoms with Gasteiger partial charge in [0.05, 0.1) is 17.7 Å². The van der Waals surface area contributed by atoms with Gasteiger partial charge in [0.1, 0.15) is 11.4 Å². The van der Waals surface area contributed by atoms with Crippen LogP contribution in [0.2, 0.25) is 5.02 Å². The van der Waals surface area contributed by atoms with Crippen molar-refractivity contribution in [3.63, 3.8) is 0 Å². The van der Waals surface area contributed by atoms with Crippen molar-refractivity contribution in [3.05, 3.63) is 58.9 Å². The van der Waals surface area contributed by atoms with Crippen LogP contribution in [-0.4, -0.2) is 10.9 Å². The lowest BCUT2D eigenvalue weighted by molar-refractivity contribution is -0.115. The molecule has 1 amide bonds. The van der Waals surface area contributed by atoms with Crippen LogP contribution in [-0.2, 0) is 11.2 Å². The number of carbonyl (C=O) groups excluding carboxylic acids is 1. The van der Waals surface area contributed by atoms with Crippen LogP contribution in [0.25, 0.3) is 11.0 Å². The number of nitrogens with one attached hydrogen (secondary N) is 1. The van der Waals surface area contributed by atoms with Crippen molar-refractivity contribution in [3.8, 4) is 0 Å². The number of anilines is 1. The molecule has 3 aromatic rings. The first-order chi connectivity index (χ1) is 10.1. The summed E-state index contributed by atoms with van der Waals surface area (Å²) in [7, 11) is 0. The molecule has 1 N–H and O–H groups in total. The van der Waals surface area contributed by atoms with Crippen molar-refractivity contribution in [2.24, 2.45) is 0 Å². The van der Waals surface area contributed by atoms with Gasteiger partial charge in [-0.15, -0.1) is 0 Å². The first kappa shape index (κ1) is 13.6. The number of hydrogen-bond donors (Lipinski definition) is 1. The zero-order chi connectivity index (χ0) is 14.8. The molecular weight excluding hydrogens is 288 g/mol. The van der Waals surface area contributed by atoms with Gasteiger partial charge in [-0.2, -0.15) is 0 Å². The lowest BCUT2D eigenvalue weighted by Gasteiger charge is -2.03.